The van der Waals surface area contributed by atoms with Crippen LogP contribution in [0.2, 0.25) is 0 Å². The summed E-state index contributed by atoms with van der Waals surface area (Å²) in [5.74, 6) is 0. The molecule has 0 aromatic carbocycles. The molecule has 0 spiro atoms. The summed E-state index contributed by atoms with van der Waals surface area (Å²) in [6.07, 6.45) is 2.81. The van der Waals surface area contributed by atoms with Gasteiger partial charge in [-0.2, -0.15) is 0 Å². The Morgan fingerprint density at radius 1 is 1.38 bits per heavy atom. The van der Waals surface area contributed by atoms with Crippen molar-refractivity contribution in [1.29, 1.82) is 0 Å². The smallest absolute Gasteiger partial charge is 0.0594 e. The van der Waals surface area contributed by atoms with E-state index in [2.05, 4.69) is 64.0 Å². The Hall–Kier alpha value is -0.490. The third-order valence-electron chi connectivity index (χ3n) is 4.33. The van der Waals surface area contributed by atoms with Gasteiger partial charge in [0.2, 0.25) is 0 Å². The van der Waals surface area contributed by atoms with Crippen molar-refractivity contribution in [2.24, 2.45) is 0 Å². The second-order valence-corrected chi connectivity index (χ2v) is 6.95. The van der Waals surface area contributed by atoms with Crippen molar-refractivity contribution in [1.82, 2.24) is 15.2 Å². The van der Waals surface area contributed by atoms with Crippen LogP contribution in [0, 0.1) is 0 Å². The molecule has 1 N–H and O–H groups in total. The van der Waals surface area contributed by atoms with E-state index in [0.29, 0.717) is 6.04 Å². The maximum atomic E-state index is 5.49. The number of halogens is 1. The molecule has 0 bridgehead atoms. The maximum Gasteiger partial charge on any atom is 0.0594 e. The minimum Gasteiger partial charge on any atom is -0.379 e. The van der Waals surface area contributed by atoms with Crippen molar-refractivity contribution in [2.75, 3.05) is 32.8 Å². The first-order chi connectivity index (χ1) is 10.0. The fourth-order valence-corrected chi connectivity index (χ4v) is 3.15. The number of nitrogens with zero attached hydrogens (tertiary/aromatic N) is 2. The number of hydrogen-bond donors (Lipinski definition) is 1. The van der Waals surface area contributed by atoms with Crippen LogP contribution in [0.15, 0.2) is 22.8 Å². The first kappa shape index (κ1) is 16.9. The number of aromatic nitrogens is 1. The zero-order valence-corrected chi connectivity index (χ0v) is 14.8. The first-order valence-electron chi connectivity index (χ1n) is 7.70. The van der Waals surface area contributed by atoms with Crippen molar-refractivity contribution in [3.63, 3.8) is 0 Å². The lowest BCUT2D eigenvalue weighted by Gasteiger charge is -2.46. The lowest BCUT2D eigenvalue weighted by Crippen LogP contribution is -2.61. The van der Waals surface area contributed by atoms with Gasteiger partial charge in [-0.05, 0) is 48.5 Å². The van der Waals surface area contributed by atoms with Crippen LogP contribution in [0.5, 0.6) is 0 Å². The second-order valence-electron chi connectivity index (χ2n) is 6.04. The Labute approximate surface area is 136 Å². The average Bonchev–Trinajstić information content (AvgIpc) is 2.50. The van der Waals surface area contributed by atoms with Gasteiger partial charge in [-0.3, -0.25) is 9.88 Å². The van der Waals surface area contributed by atoms with E-state index in [0.717, 1.165) is 49.4 Å². The normalized spacial score (nSPS) is 18.7. The molecule has 1 aromatic heterocycles. The highest BCUT2D eigenvalue weighted by atomic mass is 79.9. The molecule has 4 nitrogen and oxygen atoms in total. The van der Waals surface area contributed by atoms with Gasteiger partial charge in [-0.15, -0.1) is 0 Å². The van der Waals surface area contributed by atoms with Crippen LogP contribution in [0.25, 0.3) is 0 Å². The van der Waals surface area contributed by atoms with E-state index in [1.54, 1.807) is 0 Å². The van der Waals surface area contributed by atoms with E-state index in [1.165, 1.54) is 0 Å². The molecule has 0 radical (unpaired) electrons. The van der Waals surface area contributed by atoms with Crippen molar-refractivity contribution in [3.8, 4) is 0 Å². The third-order valence-corrected chi connectivity index (χ3v) is 4.80. The van der Waals surface area contributed by atoms with Crippen LogP contribution in [0.1, 0.15) is 26.5 Å². The predicted molar refractivity (Wildman–Crippen MR) is 89.6 cm³/mol. The minimum atomic E-state index is 0.0779. The summed E-state index contributed by atoms with van der Waals surface area (Å²) in [5.41, 5.74) is 1.21. The minimum absolute atomic E-state index is 0.0779. The van der Waals surface area contributed by atoms with Crippen LogP contribution in [0.4, 0.5) is 0 Å². The van der Waals surface area contributed by atoms with E-state index >= 15 is 0 Å². The number of likely N-dealkylation sites (N-methyl/N-ethyl adjacent to an activating group) is 1. The van der Waals surface area contributed by atoms with Crippen molar-refractivity contribution in [3.05, 3.63) is 28.5 Å². The molecule has 5 heteroatoms. The maximum absolute atomic E-state index is 5.49. The Bertz CT molecular complexity index is 430. The van der Waals surface area contributed by atoms with Gasteiger partial charge in [-0.25, -0.2) is 0 Å². The Morgan fingerprint density at radius 3 is 2.67 bits per heavy atom. The van der Waals surface area contributed by atoms with Crippen LogP contribution in [-0.2, 0) is 11.2 Å². The molecule has 21 heavy (non-hydrogen) atoms. The van der Waals surface area contributed by atoms with Gasteiger partial charge < -0.3 is 10.1 Å². The van der Waals surface area contributed by atoms with Gasteiger partial charge >= 0.3 is 0 Å². The number of ether oxygens (including phenoxy) is 1. The summed E-state index contributed by atoms with van der Waals surface area (Å²) in [6, 6.07) is 4.53. The molecule has 1 fully saturated rings. The van der Waals surface area contributed by atoms with Crippen LogP contribution >= 0.6 is 15.9 Å². The third kappa shape index (κ3) is 4.49. The van der Waals surface area contributed by atoms with Crippen molar-refractivity contribution >= 4 is 15.9 Å². The molecule has 1 aliphatic rings. The quantitative estimate of drug-likeness (QED) is 0.850. The number of nitrogens with one attached hydrogen (secondary N) is 1. The van der Waals surface area contributed by atoms with E-state index in [4.69, 9.17) is 4.74 Å². The number of rotatable bonds is 6. The van der Waals surface area contributed by atoms with Crippen LogP contribution in [-0.4, -0.2) is 54.3 Å². The topological polar surface area (TPSA) is 37.4 Å². The molecule has 2 rings (SSSR count). The van der Waals surface area contributed by atoms with Crippen LogP contribution in [0.3, 0.4) is 0 Å². The van der Waals surface area contributed by atoms with E-state index < -0.39 is 0 Å². The monoisotopic (exact) mass is 355 g/mol. The van der Waals surface area contributed by atoms with Gasteiger partial charge in [0.1, 0.15) is 0 Å². The van der Waals surface area contributed by atoms with Gasteiger partial charge in [0.25, 0.3) is 0 Å². The zero-order valence-electron chi connectivity index (χ0n) is 13.2. The molecule has 0 saturated carbocycles. The molecule has 0 amide bonds. The summed E-state index contributed by atoms with van der Waals surface area (Å²) in [7, 11) is 0. The second kappa shape index (κ2) is 7.68. The van der Waals surface area contributed by atoms with Crippen molar-refractivity contribution in [2.45, 2.75) is 38.8 Å². The largest absolute Gasteiger partial charge is 0.379 e. The molecule has 1 atom stereocenters. The lowest BCUT2D eigenvalue weighted by molar-refractivity contribution is -0.0231. The van der Waals surface area contributed by atoms with Gasteiger partial charge in [0.15, 0.2) is 0 Å². The molecule has 1 aromatic rings. The molecule has 118 valence electrons. The number of morpholine rings is 1. The summed E-state index contributed by atoms with van der Waals surface area (Å²) in [4.78, 5) is 7.06. The molecular weight excluding hydrogens is 330 g/mol. The number of hydrogen-bond acceptors (Lipinski definition) is 4. The summed E-state index contributed by atoms with van der Waals surface area (Å²) in [5, 5.41) is 3.65. The highest BCUT2D eigenvalue weighted by molar-refractivity contribution is 9.10. The Morgan fingerprint density at radius 2 is 2.10 bits per heavy atom. The predicted octanol–water partition coefficient (Wildman–Crippen LogP) is 2.48. The van der Waals surface area contributed by atoms with Gasteiger partial charge in [0, 0.05) is 47.5 Å². The molecular formula is C16H26BrN3O. The standard InChI is InChI=1S/C16H26BrN3O/c1-4-18-15(11-14-6-5-13(17)12-19-14)16(2,3)20-7-9-21-10-8-20/h5-6,12,15,18H,4,7-11H2,1-3H3. The van der Waals surface area contributed by atoms with Gasteiger partial charge in [0.05, 0.1) is 13.2 Å². The fraction of sp³-hybridized carbons (Fsp3) is 0.688. The summed E-state index contributed by atoms with van der Waals surface area (Å²) >= 11 is 3.44. The van der Waals surface area contributed by atoms with Crippen molar-refractivity contribution < 1.29 is 4.74 Å². The molecule has 1 unspecified atom stereocenters. The summed E-state index contributed by atoms with van der Waals surface area (Å²) in [6.45, 7) is 11.4. The van der Waals surface area contributed by atoms with Crippen LogP contribution < -0.4 is 5.32 Å². The molecule has 2 heterocycles. The van der Waals surface area contributed by atoms with E-state index in [1.807, 2.05) is 6.20 Å². The highest BCUT2D eigenvalue weighted by Crippen LogP contribution is 2.23. The highest BCUT2D eigenvalue weighted by Gasteiger charge is 2.35. The SMILES string of the molecule is CCNC(Cc1ccc(Br)cn1)C(C)(C)N1CCOCC1. The lowest BCUT2D eigenvalue weighted by atomic mass is 9.88. The van der Waals surface area contributed by atoms with E-state index in [9.17, 15) is 0 Å². The molecule has 1 aliphatic heterocycles. The fourth-order valence-electron chi connectivity index (χ4n) is 2.91. The van der Waals surface area contributed by atoms with E-state index in [-0.39, 0.29) is 5.54 Å². The Kier molecular flexibility index (Phi) is 6.17. The van der Waals surface area contributed by atoms with Gasteiger partial charge in [-0.1, -0.05) is 6.92 Å². The summed E-state index contributed by atoms with van der Waals surface area (Å²) < 4.78 is 6.51. The number of pyridine rings is 1. The first-order valence-corrected chi connectivity index (χ1v) is 8.50. The molecule has 1 saturated heterocycles. The molecule has 0 aliphatic carbocycles. The Balaban J connectivity index is 2.10. The zero-order chi connectivity index (χ0) is 15.3. The average molecular weight is 356 g/mol.